The molecule has 2 unspecified atom stereocenters. The van der Waals surface area contributed by atoms with Crippen molar-refractivity contribution in [1.82, 2.24) is 0 Å². The molecule has 0 saturated carbocycles. The molecule has 1 nitrogen and oxygen atoms in total. The zero-order valence-electron chi connectivity index (χ0n) is 9.91. The molecule has 1 aliphatic rings. The highest BCUT2D eigenvalue weighted by Gasteiger charge is 2.34. The minimum atomic E-state index is -1.02. The van der Waals surface area contributed by atoms with Crippen LogP contribution < -0.4 is 0 Å². The van der Waals surface area contributed by atoms with Crippen LogP contribution in [0.2, 0.25) is 0 Å². The van der Waals surface area contributed by atoms with Crippen molar-refractivity contribution in [2.24, 2.45) is 0 Å². The first kappa shape index (κ1) is 12.8. The summed E-state index contributed by atoms with van der Waals surface area (Å²) in [7, 11) is 0. The van der Waals surface area contributed by atoms with Crippen LogP contribution in [0.15, 0.2) is 40.9 Å². The number of hydrogen-bond donors (Lipinski definition) is 1. The zero-order chi connectivity index (χ0) is 13.6. The summed E-state index contributed by atoms with van der Waals surface area (Å²) < 4.78 is 27.4. The smallest absolute Gasteiger partial charge is 0.137 e. The summed E-state index contributed by atoms with van der Waals surface area (Å²) >= 11 is 2.93. The van der Waals surface area contributed by atoms with Crippen LogP contribution in [0.1, 0.15) is 28.7 Å². The van der Waals surface area contributed by atoms with Gasteiger partial charge >= 0.3 is 0 Å². The van der Waals surface area contributed by atoms with E-state index in [0.717, 1.165) is 23.3 Å². The van der Waals surface area contributed by atoms with Crippen molar-refractivity contribution in [3.8, 4) is 0 Å². The van der Waals surface area contributed by atoms with E-state index in [4.69, 9.17) is 0 Å². The number of hydrogen-bond acceptors (Lipinski definition) is 1. The predicted octanol–water partition coefficient (Wildman–Crippen LogP) is 4.10. The molecule has 19 heavy (non-hydrogen) atoms. The maximum Gasteiger partial charge on any atom is 0.137 e. The fourth-order valence-electron chi connectivity index (χ4n) is 2.56. The van der Waals surface area contributed by atoms with Gasteiger partial charge in [0.25, 0.3) is 0 Å². The van der Waals surface area contributed by atoms with Gasteiger partial charge in [0.2, 0.25) is 0 Å². The molecule has 1 aliphatic carbocycles. The molecule has 2 aromatic rings. The molecule has 3 rings (SSSR count). The third kappa shape index (κ3) is 2.09. The molecule has 4 heteroatoms. The van der Waals surface area contributed by atoms with E-state index in [-0.39, 0.29) is 16.0 Å². The quantitative estimate of drug-likeness (QED) is 0.824. The van der Waals surface area contributed by atoms with Crippen LogP contribution in [0.5, 0.6) is 0 Å². The van der Waals surface area contributed by atoms with Gasteiger partial charge in [0.1, 0.15) is 11.6 Å². The van der Waals surface area contributed by atoms with Gasteiger partial charge in [0.15, 0.2) is 0 Å². The highest BCUT2D eigenvalue weighted by molar-refractivity contribution is 9.10. The molecular weight excluding hydrogens is 314 g/mol. The molecule has 2 aromatic carbocycles. The number of halogens is 3. The molecule has 0 heterocycles. The maximum atomic E-state index is 13.8. The van der Waals surface area contributed by atoms with Gasteiger partial charge in [0, 0.05) is 11.5 Å². The molecule has 0 saturated heterocycles. The lowest BCUT2D eigenvalue weighted by Crippen LogP contribution is -2.24. The van der Waals surface area contributed by atoms with Gasteiger partial charge in [-0.2, -0.15) is 0 Å². The lowest BCUT2D eigenvalue weighted by molar-refractivity contribution is 0.130. The second-order valence-corrected chi connectivity index (χ2v) is 5.60. The van der Waals surface area contributed by atoms with Gasteiger partial charge in [0.05, 0.1) is 10.6 Å². The Morgan fingerprint density at radius 3 is 2.63 bits per heavy atom. The van der Waals surface area contributed by atoms with Gasteiger partial charge in [-0.05, 0) is 45.6 Å². The first-order valence-corrected chi connectivity index (χ1v) is 6.77. The van der Waals surface area contributed by atoms with Crippen LogP contribution in [0, 0.1) is 11.6 Å². The van der Waals surface area contributed by atoms with Crippen molar-refractivity contribution >= 4 is 15.9 Å². The van der Waals surface area contributed by atoms with Crippen LogP contribution in [0.4, 0.5) is 8.78 Å². The molecule has 98 valence electrons. The van der Waals surface area contributed by atoms with Crippen molar-refractivity contribution in [2.45, 2.75) is 18.4 Å². The molecular formula is C15H11BrF2O. The minimum absolute atomic E-state index is 0.0141. The van der Waals surface area contributed by atoms with Crippen molar-refractivity contribution in [3.63, 3.8) is 0 Å². The van der Waals surface area contributed by atoms with E-state index in [1.807, 2.05) is 24.3 Å². The van der Waals surface area contributed by atoms with Gasteiger partial charge in [-0.15, -0.1) is 0 Å². The molecule has 0 bridgehead atoms. The van der Waals surface area contributed by atoms with Gasteiger partial charge in [-0.3, -0.25) is 0 Å². The Balaban J connectivity index is 1.94. The Morgan fingerprint density at radius 1 is 1.16 bits per heavy atom. The average molecular weight is 325 g/mol. The lowest BCUT2D eigenvalue weighted by atomic mass is 9.73. The van der Waals surface area contributed by atoms with Crippen molar-refractivity contribution in [2.75, 3.05) is 0 Å². The van der Waals surface area contributed by atoms with Crippen LogP contribution in [0.25, 0.3) is 0 Å². The summed E-state index contributed by atoms with van der Waals surface area (Å²) in [5.74, 6) is -1.32. The zero-order valence-corrected chi connectivity index (χ0v) is 11.5. The second kappa shape index (κ2) is 4.69. The molecule has 0 aromatic heterocycles. The summed E-state index contributed by atoms with van der Waals surface area (Å²) in [6.07, 6.45) is -0.327. The van der Waals surface area contributed by atoms with Crippen molar-refractivity contribution < 1.29 is 13.9 Å². The van der Waals surface area contributed by atoms with Crippen molar-refractivity contribution in [1.29, 1.82) is 0 Å². The summed E-state index contributed by atoms with van der Waals surface area (Å²) in [6, 6.07) is 9.83. The van der Waals surface area contributed by atoms with E-state index in [2.05, 4.69) is 15.9 Å². The largest absolute Gasteiger partial charge is 0.388 e. The third-order valence-corrected chi connectivity index (χ3v) is 4.24. The fraction of sp³-hybridized carbons (Fsp3) is 0.200. The monoisotopic (exact) mass is 324 g/mol. The van der Waals surface area contributed by atoms with E-state index in [1.54, 1.807) is 0 Å². The highest BCUT2D eigenvalue weighted by Crippen LogP contribution is 2.44. The SMILES string of the molecule is OC(c1cc(F)c(Br)cc1F)C1Cc2ccccc21. The molecule has 0 radical (unpaired) electrons. The Kier molecular flexibility index (Phi) is 3.15. The third-order valence-electron chi connectivity index (χ3n) is 3.63. The normalized spacial score (nSPS) is 18.6. The lowest BCUT2D eigenvalue weighted by Gasteiger charge is -2.34. The molecule has 0 amide bonds. The second-order valence-electron chi connectivity index (χ2n) is 4.74. The van der Waals surface area contributed by atoms with E-state index >= 15 is 0 Å². The summed E-state index contributed by atoms with van der Waals surface area (Å²) in [5, 5.41) is 10.3. The van der Waals surface area contributed by atoms with E-state index in [0.29, 0.717) is 6.42 Å². The summed E-state index contributed by atoms with van der Waals surface area (Å²) in [6.45, 7) is 0. The standard InChI is InChI=1S/C15H11BrF2O/c16-12-7-13(17)11(6-14(12)18)15(19)10-5-8-3-1-2-4-9(8)10/h1-4,6-7,10,15,19H,5H2. The van der Waals surface area contributed by atoms with Crippen LogP contribution in [-0.2, 0) is 6.42 Å². The van der Waals surface area contributed by atoms with E-state index in [1.165, 1.54) is 0 Å². The van der Waals surface area contributed by atoms with Crippen molar-refractivity contribution in [3.05, 3.63) is 69.2 Å². The number of aliphatic hydroxyl groups excluding tert-OH is 1. The summed E-state index contributed by atoms with van der Waals surface area (Å²) in [4.78, 5) is 0. The highest BCUT2D eigenvalue weighted by atomic mass is 79.9. The molecule has 1 N–H and O–H groups in total. The topological polar surface area (TPSA) is 20.2 Å². The van der Waals surface area contributed by atoms with Gasteiger partial charge in [-0.25, -0.2) is 8.78 Å². The first-order valence-electron chi connectivity index (χ1n) is 5.98. The van der Waals surface area contributed by atoms with Crippen LogP contribution >= 0.6 is 15.9 Å². The maximum absolute atomic E-state index is 13.8. The number of rotatable bonds is 2. The van der Waals surface area contributed by atoms with Gasteiger partial charge < -0.3 is 5.11 Å². The number of aliphatic hydroxyl groups is 1. The molecule has 0 aliphatic heterocycles. The molecule has 0 fully saturated rings. The summed E-state index contributed by atoms with van der Waals surface area (Å²) in [5.41, 5.74) is 2.18. The minimum Gasteiger partial charge on any atom is -0.388 e. The Hall–Kier alpha value is -1.26. The Bertz CT molecular complexity index is 642. The average Bonchev–Trinajstić information content (AvgIpc) is 2.35. The van der Waals surface area contributed by atoms with Gasteiger partial charge in [-0.1, -0.05) is 24.3 Å². The Labute approximate surface area is 118 Å². The number of fused-ring (bicyclic) bond motifs is 1. The molecule has 0 spiro atoms. The fourth-order valence-corrected chi connectivity index (χ4v) is 2.88. The number of benzene rings is 2. The first-order chi connectivity index (χ1) is 9.08. The van der Waals surface area contributed by atoms with E-state index in [9.17, 15) is 13.9 Å². The van der Waals surface area contributed by atoms with E-state index < -0.39 is 17.7 Å². The predicted molar refractivity (Wildman–Crippen MR) is 71.9 cm³/mol. The van der Waals surface area contributed by atoms with Crippen LogP contribution in [-0.4, -0.2) is 5.11 Å². The molecule has 2 atom stereocenters. The Morgan fingerprint density at radius 2 is 1.89 bits per heavy atom. The van der Waals surface area contributed by atoms with Crippen LogP contribution in [0.3, 0.4) is 0 Å².